The number of benzene rings is 1. The van der Waals surface area contributed by atoms with Crippen LogP contribution in [0.4, 0.5) is 5.69 Å². The number of anilines is 1. The second-order valence-electron chi connectivity index (χ2n) is 4.28. The van der Waals surface area contributed by atoms with Crippen molar-refractivity contribution in [3.8, 4) is 0 Å². The first kappa shape index (κ1) is 14.3. The Bertz CT molecular complexity index is 532. The number of ether oxygens (including phenoxy) is 1. The molecule has 0 aromatic heterocycles. The van der Waals surface area contributed by atoms with Crippen LogP contribution in [-0.2, 0) is 14.8 Å². The molecule has 0 saturated carbocycles. The van der Waals surface area contributed by atoms with Gasteiger partial charge in [-0.25, -0.2) is 13.1 Å². The molecule has 1 aromatic carbocycles. The lowest BCUT2D eigenvalue weighted by Crippen LogP contribution is -2.48. The van der Waals surface area contributed by atoms with Crippen molar-refractivity contribution in [3.05, 3.63) is 24.3 Å². The zero-order valence-corrected chi connectivity index (χ0v) is 11.6. The topological polar surface area (TPSA) is 78.9 Å². The molecule has 1 aliphatic rings. The zero-order valence-electron chi connectivity index (χ0n) is 10.7. The minimum atomic E-state index is -3.52. The highest BCUT2D eigenvalue weighted by atomic mass is 32.2. The molecular formula is C12H18N2O4S. The summed E-state index contributed by atoms with van der Waals surface area (Å²) in [7, 11) is -2.14. The Kier molecular flexibility index (Phi) is 4.41. The molecule has 2 rings (SSSR count). The van der Waals surface area contributed by atoms with Gasteiger partial charge in [0.2, 0.25) is 10.0 Å². The van der Waals surface area contributed by atoms with Crippen molar-refractivity contribution in [2.75, 3.05) is 38.3 Å². The van der Waals surface area contributed by atoms with E-state index in [1.54, 1.807) is 24.3 Å². The summed E-state index contributed by atoms with van der Waals surface area (Å²) in [5, 5.41) is 9.39. The van der Waals surface area contributed by atoms with Gasteiger partial charge in [0.1, 0.15) is 4.90 Å². The molecule has 0 spiro atoms. The van der Waals surface area contributed by atoms with Gasteiger partial charge in [0.25, 0.3) is 0 Å². The highest BCUT2D eigenvalue weighted by molar-refractivity contribution is 7.89. The van der Waals surface area contributed by atoms with E-state index in [4.69, 9.17) is 4.74 Å². The Morgan fingerprint density at radius 3 is 2.89 bits per heavy atom. The van der Waals surface area contributed by atoms with Crippen LogP contribution in [0.2, 0.25) is 0 Å². The molecule has 19 heavy (non-hydrogen) atoms. The molecule has 0 aliphatic carbocycles. The van der Waals surface area contributed by atoms with Crippen LogP contribution in [0, 0.1) is 0 Å². The van der Waals surface area contributed by atoms with E-state index in [-0.39, 0.29) is 17.5 Å². The van der Waals surface area contributed by atoms with Crippen molar-refractivity contribution in [1.82, 2.24) is 4.72 Å². The fraction of sp³-hybridized carbons (Fsp3) is 0.500. The van der Waals surface area contributed by atoms with Crippen molar-refractivity contribution in [1.29, 1.82) is 0 Å². The van der Waals surface area contributed by atoms with E-state index < -0.39 is 10.0 Å². The number of nitrogens with zero attached hydrogens (tertiary/aromatic N) is 1. The zero-order chi connectivity index (χ0) is 13.9. The number of hydrogen-bond acceptors (Lipinski definition) is 5. The number of morpholine rings is 1. The molecule has 6 nitrogen and oxygen atoms in total. The molecule has 2 N–H and O–H groups in total. The van der Waals surface area contributed by atoms with E-state index in [2.05, 4.69) is 4.72 Å². The van der Waals surface area contributed by atoms with Gasteiger partial charge in [-0.15, -0.1) is 0 Å². The van der Waals surface area contributed by atoms with Crippen molar-refractivity contribution >= 4 is 15.7 Å². The first-order chi connectivity index (χ1) is 9.10. The predicted molar refractivity (Wildman–Crippen MR) is 71.7 cm³/mol. The smallest absolute Gasteiger partial charge is 0.242 e. The normalized spacial score (nSPS) is 20.5. The fourth-order valence-electron chi connectivity index (χ4n) is 2.15. The summed E-state index contributed by atoms with van der Waals surface area (Å²) in [5.74, 6) is 0. The molecule has 1 fully saturated rings. The summed E-state index contributed by atoms with van der Waals surface area (Å²) >= 11 is 0. The molecular weight excluding hydrogens is 268 g/mol. The molecule has 0 bridgehead atoms. The third-order valence-corrected chi connectivity index (χ3v) is 4.63. The quantitative estimate of drug-likeness (QED) is 0.801. The summed E-state index contributed by atoms with van der Waals surface area (Å²) in [5.41, 5.74) is 0.596. The average Bonchev–Trinajstić information content (AvgIpc) is 2.47. The second kappa shape index (κ2) is 5.87. The standard InChI is InChI=1S/C12H18N2O4S/c1-13-19(16,17)12-5-3-2-4-11(12)14-6-7-18-9-10(14)8-15/h2-5,10,13,15H,6-9H2,1H3. The van der Waals surface area contributed by atoms with Crippen molar-refractivity contribution in [2.24, 2.45) is 0 Å². The number of para-hydroxylation sites is 1. The van der Waals surface area contributed by atoms with Crippen LogP contribution in [0.3, 0.4) is 0 Å². The minimum Gasteiger partial charge on any atom is -0.394 e. The van der Waals surface area contributed by atoms with Gasteiger partial charge in [-0.1, -0.05) is 12.1 Å². The number of nitrogens with one attached hydrogen (secondary N) is 1. The molecule has 0 amide bonds. The SMILES string of the molecule is CNS(=O)(=O)c1ccccc1N1CCOCC1CO. The lowest BCUT2D eigenvalue weighted by atomic mass is 10.2. The molecule has 7 heteroatoms. The summed E-state index contributed by atoms with van der Waals surface area (Å²) < 4.78 is 31.7. The number of rotatable bonds is 4. The Hall–Kier alpha value is -1.15. The van der Waals surface area contributed by atoms with Crippen molar-refractivity contribution in [2.45, 2.75) is 10.9 Å². The van der Waals surface area contributed by atoms with Gasteiger partial charge in [-0.3, -0.25) is 0 Å². The predicted octanol–water partition coefficient (Wildman–Crippen LogP) is -0.208. The molecule has 1 heterocycles. The number of hydrogen-bond donors (Lipinski definition) is 2. The van der Waals surface area contributed by atoms with Gasteiger partial charge in [-0.2, -0.15) is 0 Å². The van der Waals surface area contributed by atoms with Gasteiger partial charge < -0.3 is 14.7 Å². The number of aliphatic hydroxyl groups is 1. The highest BCUT2D eigenvalue weighted by Crippen LogP contribution is 2.27. The largest absolute Gasteiger partial charge is 0.394 e. The maximum atomic E-state index is 12.0. The number of aliphatic hydroxyl groups excluding tert-OH is 1. The minimum absolute atomic E-state index is 0.0755. The van der Waals surface area contributed by atoms with E-state index in [1.165, 1.54) is 7.05 Å². The van der Waals surface area contributed by atoms with Crippen LogP contribution in [0.25, 0.3) is 0 Å². The van der Waals surface area contributed by atoms with Gasteiger partial charge in [0.15, 0.2) is 0 Å². The summed E-state index contributed by atoms with van der Waals surface area (Å²) in [6.45, 7) is 1.39. The van der Waals surface area contributed by atoms with Crippen LogP contribution in [0.15, 0.2) is 29.2 Å². The molecule has 1 atom stereocenters. The number of sulfonamides is 1. The monoisotopic (exact) mass is 286 g/mol. The Balaban J connectivity index is 2.44. The van der Waals surface area contributed by atoms with E-state index in [0.717, 1.165) is 0 Å². The average molecular weight is 286 g/mol. The molecule has 1 aliphatic heterocycles. The van der Waals surface area contributed by atoms with E-state index in [1.807, 2.05) is 4.90 Å². The van der Waals surface area contributed by atoms with Gasteiger partial charge in [-0.05, 0) is 19.2 Å². The van der Waals surface area contributed by atoms with Gasteiger partial charge >= 0.3 is 0 Å². The third-order valence-electron chi connectivity index (χ3n) is 3.17. The van der Waals surface area contributed by atoms with Crippen LogP contribution >= 0.6 is 0 Å². The van der Waals surface area contributed by atoms with Crippen molar-refractivity contribution < 1.29 is 18.3 Å². The van der Waals surface area contributed by atoms with Crippen LogP contribution in [-0.4, -0.2) is 53.0 Å². The maximum absolute atomic E-state index is 12.0. The first-order valence-electron chi connectivity index (χ1n) is 6.08. The lowest BCUT2D eigenvalue weighted by Gasteiger charge is -2.37. The molecule has 0 radical (unpaired) electrons. The molecule has 1 saturated heterocycles. The van der Waals surface area contributed by atoms with E-state index in [9.17, 15) is 13.5 Å². The van der Waals surface area contributed by atoms with Crippen molar-refractivity contribution in [3.63, 3.8) is 0 Å². The third kappa shape index (κ3) is 2.89. The van der Waals surface area contributed by atoms with Gasteiger partial charge in [0, 0.05) is 6.54 Å². The first-order valence-corrected chi connectivity index (χ1v) is 7.56. The Morgan fingerprint density at radius 1 is 1.47 bits per heavy atom. The summed E-state index contributed by atoms with van der Waals surface area (Å²) in [4.78, 5) is 2.10. The van der Waals surface area contributed by atoms with Gasteiger partial charge in [0.05, 0.1) is 31.5 Å². The Morgan fingerprint density at radius 2 is 2.21 bits per heavy atom. The summed E-state index contributed by atoms with van der Waals surface area (Å²) in [6, 6.07) is 6.56. The Labute approximate surface area is 113 Å². The second-order valence-corrected chi connectivity index (χ2v) is 6.13. The van der Waals surface area contributed by atoms with E-state index >= 15 is 0 Å². The van der Waals surface area contributed by atoms with Crippen LogP contribution in [0.1, 0.15) is 0 Å². The maximum Gasteiger partial charge on any atom is 0.242 e. The van der Waals surface area contributed by atoms with Crippen LogP contribution in [0.5, 0.6) is 0 Å². The highest BCUT2D eigenvalue weighted by Gasteiger charge is 2.27. The molecule has 1 unspecified atom stereocenters. The molecule has 1 aromatic rings. The fourth-order valence-corrected chi connectivity index (χ4v) is 3.09. The summed E-state index contributed by atoms with van der Waals surface area (Å²) in [6.07, 6.45) is 0. The lowest BCUT2D eigenvalue weighted by molar-refractivity contribution is 0.0724. The van der Waals surface area contributed by atoms with E-state index in [0.29, 0.717) is 25.4 Å². The van der Waals surface area contributed by atoms with Crippen LogP contribution < -0.4 is 9.62 Å². The molecule has 106 valence electrons.